The topological polar surface area (TPSA) is 58.2 Å². The summed E-state index contributed by atoms with van der Waals surface area (Å²) >= 11 is 6.09. The molecule has 1 saturated carbocycles. The Balaban J connectivity index is 1.72. The van der Waals surface area contributed by atoms with Crippen molar-refractivity contribution in [3.63, 3.8) is 0 Å². The SMILES string of the molecule is C[C@H](Cc1ccccc1Cl)NC(=O)CNC(=O)[C@@H]1C[C@@H]1C. The maximum atomic E-state index is 11.8. The van der Waals surface area contributed by atoms with E-state index in [-0.39, 0.29) is 30.3 Å². The van der Waals surface area contributed by atoms with Crippen molar-refractivity contribution >= 4 is 23.4 Å². The second-order valence-electron chi connectivity index (χ2n) is 5.80. The first kappa shape index (κ1) is 15.8. The fourth-order valence-electron chi connectivity index (χ4n) is 2.36. The summed E-state index contributed by atoms with van der Waals surface area (Å²) < 4.78 is 0. The Morgan fingerprint density at radius 2 is 2.05 bits per heavy atom. The van der Waals surface area contributed by atoms with Gasteiger partial charge in [-0.05, 0) is 37.3 Å². The summed E-state index contributed by atoms with van der Waals surface area (Å²) in [5.41, 5.74) is 1.00. The van der Waals surface area contributed by atoms with Gasteiger partial charge in [0.15, 0.2) is 0 Å². The highest BCUT2D eigenvalue weighted by Gasteiger charge is 2.38. The van der Waals surface area contributed by atoms with Gasteiger partial charge in [0.2, 0.25) is 11.8 Å². The van der Waals surface area contributed by atoms with Crippen LogP contribution in [0, 0.1) is 11.8 Å². The third-order valence-electron chi connectivity index (χ3n) is 3.76. The number of amides is 2. The summed E-state index contributed by atoms with van der Waals surface area (Å²) in [4.78, 5) is 23.4. The van der Waals surface area contributed by atoms with Crippen molar-refractivity contribution in [3.05, 3.63) is 34.9 Å². The largest absolute Gasteiger partial charge is 0.352 e. The van der Waals surface area contributed by atoms with E-state index in [1.807, 2.05) is 38.1 Å². The van der Waals surface area contributed by atoms with Gasteiger partial charge in [-0.3, -0.25) is 9.59 Å². The molecule has 3 atom stereocenters. The molecular formula is C16H21ClN2O2. The summed E-state index contributed by atoms with van der Waals surface area (Å²) in [6, 6.07) is 7.55. The molecule has 2 N–H and O–H groups in total. The Kier molecular flexibility index (Phi) is 5.23. The fourth-order valence-corrected chi connectivity index (χ4v) is 2.57. The van der Waals surface area contributed by atoms with Crippen molar-refractivity contribution in [1.29, 1.82) is 0 Å². The van der Waals surface area contributed by atoms with Crippen LogP contribution in [0.4, 0.5) is 0 Å². The molecule has 1 aliphatic carbocycles. The average Bonchev–Trinajstić information content (AvgIpc) is 3.16. The van der Waals surface area contributed by atoms with Crippen LogP contribution < -0.4 is 10.6 Å². The number of halogens is 1. The van der Waals surface area contributed by atoms with E-state index in [0.29, 0.717) is 17.4 Å². The molecule has 0 aliphatic heterocycles. The van der Waals surface area contributed by atoms with Crippen LogP contribution in [-0.4, -0.2) is 24.4 Å². The van der Waals surface area contributed by atoms with Crippen molar-refractivity contribution in [2.75, 3.05) is 6.54 Å². The molecule has 5 heteroatoms. The Morgan fingerprint density at radius 3 is 2.67 bits per heavy atom. The van der Waals surface area contributed by atoms with E-state index in [4.69, 9.17) is 11.6 Å². The standard InChI is InChI=1S/C16H21ClN2O2/c1-10-7-13(10)16(21)18-9-15(20)19-11(2)8-12-5-3-4-6-14(12)17/h3-6,10-11,13H,7-9H2,1-2H3,(H,18,21)(H,19,20)/t10-,11+,13+/m0/s1. The summed E-state index contributed by atoms with van der Waals surface area (Å²) in [5.74, 6) is 0.359. The van der Waals surface area contributed by atoms with Gasteiger partial charge in [-0.1, -0.05) is 36.7 Å². The second-order valence-corrected chi connectivity index (χ2v) is 6.21. The Labute approximate surface area is 130 Å². The molecule has 1 aromatic carbocycles. The molecule has 2 rings (SSSR count). The normalized spacial score (nSPS) is 21.5. The van der Waals surface area contributed by atoms with Gasteiger partial charge in [0, 0.05) is 17.0 Å². The lowest BCUT2D eigenvalue weighted by atomic mass is 10.1. The minimum absolute atomic E-state index is 0.0172. The summed E-state index contributed by atoms with van der Waals surface area (Å²) in [7, 11) is 0. The number of hydrogen-bond donors (Lipinski definition) is 2. The van der Waals surface area contributed by atoms with Gasteiger partial charge in [0.05, 0.1) is 6.54 Å². The quantitative estimate of drug-likeness (QED) is 0.846. The van der Waals surface area contributed by atoms with Gasteiger partial charge in [-0.15, -0.1) is 0 Å². The highest BCUT2D eigenvalue weighted by molar-refractivity contribution is 6.31. The number of hydrogen-bond acceptors (Lipinski definition) is 2. The molecule has 0 bridgehead atoms. The van der Waals surface area contributed by atoms with Gasteiger partial charge in [-0.2, -0.15) is 0 Å². The molecule has 1 aliphatic rings. The summed E-state index contributed by atoms with van der Waals surface area (Å²) in [6.07, 6.45) is 1.59. The molecule has 0 saturated heterocycles. The molecule has 0 radical (unpaired) electrons. The average molecular weight is 309 g/mol. The van der Waals surface area contributed by atoms with E-state index >= 15 is 0 Å². The zero-order chi connectivity index (χ0) is 15.4. The Hall–Kier alpha value is -1.55. The van der Waals surface area contributed by atoms with E-state index < -0.39 is 0 Å². The van der Waals surface area contributed by atoms with Crippen LogP contribution in [0.5, 0.6) is 0 Å². The highest BCUT2D eigenvalue weighted by atomic mass is 35.5. The molecule has 0 heterocycles. The van der Waals surface area contributed by atoms with Crippen LogP contribution in [0.2, 0.25) is 5.02 Å². The molecule has 2 amide bonds. The lowest BCUT2D eigenvalue weighted by Crippen LogP contribution is -2.42. The molecule has 4 nitrogen and oxygen atoms in total. The third kappa shape index (κ3) is 4.74. The Morgan fingerprint density at radius 1 is 1.38 bits per heavy atom. The molecule has 114 valence electrons. The van der Waals surface area contributed by atoms with Gasteiger partial charge in [0.25, 0.3) is 0 Å². The predicted molar refractivity (Wildman–Crippen MR) is 83.0 cm³/mol. The second kappa shape index (κ2) is 6.94. The number of rotatable bonds is 6. The van der Waals surface area contributed by atoms with Crippen LogP contribution in [0.25, 0.3) is 0 Å². The van der Waals surface area contributed by atoms with Crippen molar-refractivity contribution in [1.82, 2.24) is 10.6 Å². The first-order valence-corrected chi connectivity index (χ1v) is 7.65. The maximum Gasteiger partial charge on any atom is 0.239 e. The van der Waals surface area contributed by atoms with Crippen LogP contribution in [-0.2, 0) is 16.0 Å². The first-order valence-electron chi connectivity index (χ1n) is 7.28. The van der Waals surface area contributed by atoms with Gasteiger partial charge in [-0.25, -0.2) is 0 Å². The lowest BCUT2D eigenvalue weighted by molar-refractivity contribution is -0.127. The van der Waals surface area contributed by atoms with E-state index in [9.17, 15) is 9.59 Å². The monoisotopic (exact) mass is 308 g/mol. The highest BCUT2D eigenvalue weighted by Crippen LogP contribution is 2.37. The molecule has 1 aromatic rings. The molecule has 0 aromatic heterocycles. The van der Waals surface area contributed by atoms with E-state index in [1.54, 1.807) is 0 Å². The minimum Gasteiger partial charge on any atom is -0.352 e. The van der Waals surface area contributed by atoms with Crippen molar-refractivity contribution in [2.24, 2.45) is 11.8 Å². The minimum atomic E-state index is -0.170. The Bertz CT molecular complexity index is 533. The number of nitrogens with one attached hydrogen (secondary N) is 2. The zero-order valence-corrected chi connectivity index (χ0v) is 13.1. The van der Waals surface area contributed by atoms with Gasteiger partial charge < -0.3 is 10.6 Å². The number of benzene rings is 1. The first-order chi connectivity index (χ1) is 9.97. The maximum absolute atomic E-state index is 11.8. The molecule has 1 fully saturated rings. The summed E-state index contributed by atoms with van der Waals surface area (Å²) in [5, 5.41) is 6.25. The van der Waals surface area contributed by atoms with E-state index in [0.717, 1.165) is 12.0 Å². The molecule has 0 unspecified atom stereocenters. The van der Waals surface area contributed by atoms with Crippen molar-refractivity contribution in [3.8, 4) is 0 Å². The lowest BCUT2D eigenvalue weighted by Gasteiger charge is -2.15. The van der Waals surface area contributed by atoms with Gasteiger partial charge in [0.1, 0.15) is 0 Å². The van der Waals surface area contributed by atoms with Gasteiger partial charge >= 0.3 is 0 Å². The molecule has 21 heavy (non-hydrogen) atoms. The number of carbonyl (C=O) groups is 2. The van der Waals surface area contributed by atoms with Crippen LogP contribution in [0.3, 0.4) is 0 Å². The van der Waals surface area contributed by atoms with Crippen LogP contribution in [0.1, 0.15) is 25.8 Å². The third-order valence-corrected chi connectivity index (χ3v) is 4.13. The van der Waals surface area contributed by atoms with E-state index in [2.05, 4.69) is 10.6 Å². The van der Waals surface area contributed by atoms with Crippen LogP contribution in [0.15, 0.2) is 24.3 Å². The van der Waals surface area contributed by atoms with Crippen LogP contribution >= 0.6 is 11.6 Å². The zero-order valence-electron chi connectivity index (χ0n) is 12.4. The van der Waals surface area contributed by atoms with Crippen molar-refractivity contribution in [2.45, 2.75) is 32.7 Å². The predicted octanol–water partition coefficient (Wildman–Crippen LogP) is 2.16. The fraction of sp³-hybridized carbons (Fsp3) is 0.500. The smallest absolute Gasteiger partial charge is 0.239 e. The number of carbonyl (C=O) groups excluding carboxylic acids is 2. The molecule has 0 spiro atoms. The summed E-state index contributed by atoms with van der Waals surface area (Å²) in [6.45, 7) is 4.00. The van der Waals surface area contributed by atoms with E-state index in [1.165, 1.54) is 0 Å². The van der Waals surface area contributed by atoms with Crippen molar-refractivity contribution < 1.29 is 9.59 Å². The molecular weight excluding hydrogens is 288 g/mol.